The molecule has 59 heavy (non-hydrogen) atoms. The van der Waals surface area contributed by atoms with Crippen molar-refractivity contribution >= 4 is 65.0 Å². The minimum atomic E-state index is -0.826. The monoisotopic (exact) mass is 934 g/mol. The smallest absolute Gasteiger partial charge is 0.0181 e. The van der Waals surface area contributed by atoms with Gasteiger partial charge in [0.15, 0.2) is 0 Å². The molecule has 0 atom stereocenters. The molecule has 0 aliphatic heterocycles. The summed E-state index contributed by atoms with van der Waals surface area (Å²) < 4.78 is 0. The zero-order valence-electron chi connectivity index (χ0n) is 35.1. The van der Waals surface area contributed by atoms with Gasteiger partial charge in [-0.2, -0.15) is 12.1 Å². The maximum atomic E-state index is 4.93. The van der Waals surface area contributed by atoms with E-state index in [-0.39, 0.29) is 15.8 Å². The van der Waals surface area contributed by atoms with Crippen LogP contribution in [0.2, 0.25) is 0 Å². The van der Waals surface area contributed by atoms with E-state index >= 15 is 0 Å². The summed E-state index contributed by atoms with van der Waals surface area (Å²) in [7, 11) is 9.83. The Morgan fingerprint density at radius 1 is 0.390 bits per heavy atom. The molecule has 0 heterocycles. The van der Waals surface area contributed by atoms with Crippen LogP contribution < -0.4 is 10.6 Å². The molecule has 4 fully saturated rings. The predicted octanol–water partition coefficient (Wildman–Crippen LogP) is 17.4. The molecule has 0 unspecified atom stereocenters. The standard InChI is InChI=1S/2C27H32P.2ClH.Zr/c2*1-4-11-21(12-5-1)26-18-10-13-22-19-25(20-27(22)26)28(23-14-6-2-7-15-23)24-16-8-3-9-17-24;;;/h2*1,4-5,10-13,18-20,23-24H,2-3,6-9,14-17H2;2*1H;/q2*-1;;;+4/p-2. The normalized spacial score (nSPS) is 18.6. The molecule has 5 heteroatoms. The van der Waals surface area contributed by atoms with Crippen LogP contribution in [0.5, 0.6) is 0 Å². The molecule has 308 valence electrons. The fraction of sp³-hybridized carbons (Fsp3) is 0.444. The summed E-state index contributed by atoms with van der Waals surface area (Å²) in [4.78, 5) is 0. The zero-order valence-corrected chi connectivity index (χ0v) is 40.9. The van der Waals surface area contributed by atoms with E-state index in [1.807, 2.05) is 0 Å². The zero-order chi connectivity index (χ0) is 40.2. The second-order valence-electron chi connectivity index (χ2n) is 17.8. The number of benzene rings is 4. The van der Waals surface area contributed by atoms with Crippen LogP contribution in [0.4, 0.5) is 0 Å². The largest absolute Gasteiger partial charge is 0.160 e. The Hall–Kier alpha value is -1.58. The third-order valence-corrected chi connectivity index (χ3v) is 21.0. The van der Waals surface area contributed by atoms with Gasteiger partial charge in [0.05, 0.1) is 0 Å². The molecule has 0 amide bonds. The van der Waals surface area contributed by atoms with Gasteiger partial charge in [-0.3, -0.25) is 0 Å². The molecular formula is C54H64Cl2P2Zr. The molecule has 4 aliphatic rings. The van der Waals surface area contributed by atoms with Crippen LogP contribution in [0.25, 0.3) is 43.8 Å². The Kier molecular flexibility index (Phi) is 16.9. The van der Waals surface area contributed by atoms with Crippen LogP contribution in [-0.4, -0.2) is 22.6 Å². The topological polar surface area (TPSA) is 0 Å². The summed E-state index contributed by atoms with van der Waals surface area (Å²) in [6, 6.07) is 46.1. The van der Waals surface area contributed by atoms with E-state index in [0.29, 0.717) is 0 Å². The molecule has 0 spiro atoms. The Labute approximate surface area is 377 Å². The van der Waals surface area contributed by atoms with Crippen molar-refractivity contribution in [1.29, 1.82) is 0 Å². The summed E-state index contributed by atoms with van der Waals surface area (Å²) in [6.45, 7) is 0. The van der Waals surface area contributed by atoms with Gasteiger partial charge in [-0.1, -0.05) is 177 Å². The quantitative estimate of drug-likeness (QED) is 0.105. The SMILES string of the molecule is [Cl][Zr+2][Cl].c1ccc(-c2cccc3[cH-]c(P(C4CCCCC4)C4CCCCC4)cc23)cc1.c1ccc(-c2cccc3[cH-]c(P(C4CCCCC4)C4CCCCC4)cc23)cc1. The van der Waals surface area contributed by atoms with Crippen LogP contribution in [0.1, 0.15) is 128 Å². The predicted molar refractivity (Wildman–Crippen MR) is 262 cm³/mol. The van der Waals surface area contributed by atoms with E-state index in [1.165, 1.54) is 172 Å². The molecule has 4 saturated carbocycles. The van der Waals surface area contributed by atoms with E-state index in [4.69, 9.17) is 17.0 Å². The Balaban J connectivity index is 0.000000154. The number of hydrogen-bond donors (Lipinski definition) is 0. The Bertz CT molecular complexity index is 1940. The van der Waals surface area contributed by atoms with Gasteiger partial charge in [0, 0.05) is 0 Å². The molecule has 6 aromatic rings. The molecule has 0 aromatic heterocycles. The first-order valence-corrected chi connectivity index (χ1v) is 32.5. The maximum absolute atomic E-state index is 4.93. The van der Waals surface area contributed by atoms with Crippen molar-refractivity contribution in [2.24, 2.45) is 0 Å². The van der Waals surface area contributed by atoms with Crippen LogP contribution in [-0.2, 0) is 20.8 Å². The van der Waals surface area contributed by atoms with E-state index in [1.54, 1.807) is 10.6 Å². The third-order valence-electron chi connectivity index (χ3n) is 14.1. The second-order valence-corrected chi connectivity index (χ2v) is 27.1. The Morgan fingerprint density at radius 3 is 1.00 bits per heavy atom. The minimum absolute atomic E-state index is 0.0202. The van der Waals surface area contributed by atoms with Crippen LogP contribution in [0.15, 0.2) is 121 Å². The summed E-state index contributed by atoms with van der Waals surface area (Å²) in [5, 5.41) is 9.29. The van der Waals surface area contributed by atoms with E-state index in [2.05, 4.69) is 121 Å². The molecule has 6 aromatic carbocycles. The molecule has 0 saturated heterocycles. The van der Waals surface area contributed by atoms with Crippen molar-refractivity contribution in [3.63, 3.8) is 0 Å². The molecule has 0 nitrogen and oxygen atoms in total. The van der Waals surface area contributed by atoms with E-state index in [9.17, 15) is 0 Å². The number of rotatable bonds is 8. The summed E-state index contributed by atoms with van der Waals surface area (Å²) in [5.41, 5.74) is 9.42. The van der Waals surface area contributed by atoms with E-state index in [0.717, 1.165) is 22.6 Å². The van der Waals surface area contributed by atoms with Crippen LogP contribution >= 0.6 is 32.9 Å². The molecule has 0 bridgehead atoms. The first-order valence-electron chi connectivity index (χ1n) is 23.2. The molecular weight excluding hydrogens is 873 g/mol. The van der Waals surface area contributed by atoms with Crippen molar-refractivity contribution in [1.82, 2.24) is 0 Å². The van der Waals surface area contributed by atoms with Crippen LogP contribution in [0, 0.1) is 0 Å². The van der Waals surface area contributed by atoms with Crippen molar-refractivity contribution < 1.29 is 20.8 Å². The molecule has 10 rings (SSSR count). The first kappa shape index (κ1) is 44.0. The summed E-state index contributed by atoms with van der Waals surface area (Å²) in [5.74, 6) is 0. The van der Waals surface area contributed by atoms with Gasteiger partial charge in [0.2, 0.25) is 0 Å². The van der Waals surface area contributed by atoms with Gasteiger partial charge < -0.3 is 0 Å². The average molecular weight is 937 g/mol. The average Bonchev–Trinajstić information content (AvgIpc) is 3.94. The minimum Gasteiger partial charge on any atom is -0.160 e. The first-order chi connectivity index (χ1) is 29.2. The number of halogens is 2. The van der Waals surface area contributed by atoms with Gasteiger partial charge in [0.1, 0.15) is 0 Å². The third kappa shape index (κ3) is 11.2. The number of fused-ring (bicyclic) bond motifs is 2. The fourth-order valence-corrected chi connectivity index (χ4v) is 19.0. The summed E-state index contributed by atoms with van der Waals surface area (Å²) in [6.07, 6.45) is 29.4. The maximum Gasteiger partial charge on any atom is -0.0181 e. The summed E-state index contributed by atoms with van der Waals surface area (Å²) >= 11 is -0.826. The van der Waals surface area contributed by atoms with Gasteiger partial charge >= 0.3 is 37.9 Å². The van der Waals surface area contributed by atoms with Crippen LogP contribution in [0.3, 0.4) is 0 Å². The molecule has 4 aliphatic carbocycles. The van der Waals surface area contributed by atoms with Crippen molar-refractivity contribution in [2.75, 3.05) is 0 Å². The molecule has 0 radical (unpaired) electrons. The second kappa shape index (κ2) is 22.7. The van der Waals surface area contributed by atoms with Crippen molar-refractivity contribution in [3.8, 4) is 22.3 Å². The van der Waals surface area contributed by atoms with Gasteiger partial charge in [-0.05, 0) is 85.1 Å². The van der Waals surface area contributed by atoms with Crippen molar-refractivity contribution in [2.45, 2.75) is 151 Å². The van der Waals surface area contributed by atoms with Gasteiger partial charge in [0.25, 0.3) is 0 Å². The fourth-order valence-electron chi connectivity index (χ4n) is 11.4. The van der Waals surface area contributed by atoms with Crippen molar-refractivity contribution in [3.05, 3.63) is 121 Å². The number of hydrogen-bond acceptors (Lipinski definition) is 0. The Morgan fingerprint density at radius 2 is 0.695 bits per heavy atom. The van der Waals surface area contributed by atoms with Gasteiger partial charge in [-0.25, -0.2) is 0 Å². The van der Waals surface area contributed by atoms with E-state index < -0.39 is 20.8 Å². The molecule has 0 N–H and O–H groups in total. The van der Waals surface area contributed by atoms with Gasteiger partial charge in [-0.15, -0.1) is 68.6 Å².